The summed E-state index contributed by atoms with van der Waals surface area (Å²) in [7, 11) is 0. The second-order valence-electron chi connectivity index (χ2n) is 13.6. The van der Waals surface area contributed by atoms with E-state index in [1.165, 1.54) is 0 Å². The second kappa shape index (κ2) is 10.3. The van der Waals surface area contributed by atoms with Crippen LogP contribution in [0.25, 0.3) is 0 Å². The number of aliphatic hydroxyl groups is 3. The summed E-state index contributed by atoms with van der Waals surface area (Å²) in [5, 5.41) is 31.4. The average Bonchev–Trinajstić information content (AvgIpc) is 3.50. The average molecular weight is 589 g/mol. The summed E-state index contributed by atoms with van der Waals surface area (Å²) in [6, 6.07) is 7.36. The number of hydrogen-bond donors (Lipinski definition) is 3. The predicted molar refractivity (Wildman–Crippen MR) is 157 cm³/mol. The van der Waals surface area contributed by atoms with Crippen LogP contribution < -0.4 is 4.74 Å². The Kier molecular flexibility index (Phi) is 6.95. The molecule has 228 valence electrons. The summed E-state index contributed by atoms with van der Waals surface area (Å²) in [5.74, 6) is 0.365. The molecule has 7 rings (SSSR count). The number of Topliss-reactive ketones (excluding diaryl/α,β-unsaturated/α-hetero) is 1. The van der Waals surface area contributed by atoms with E-state index in [1.54, 1.807) is 12.2 Å². The maximum absolute atomic E-state index is 13.7. The van der Waals surface area contributed by atoms with Crippen molar-refractivity contribution in [3.05, 3.63) is 77.4 Å². The van der Waals surface area contributed by atoms with E-state index in [-0.39, 0.29) is 36.2 Å². The fourth-order valence-electron chi connectivity index (χ4n) is 9.61. The van der Waals surface area contributed by atoms with E-state index in [4.69, 9.17) is 14.2 Å². The van der Waals surface area contributed by atoms with Crippen LogP contribution >= 0.6 is 0 Å². The molecule has 3 saturated carbocycles. The van der Waals surface area contributed by atoms with Crippen LogP contribution in [-0.2, 0) is 25.7 Å². The highest BCUT2D eigenvalue weighted by Crippen LogP contribution is 2.69. The molecule has 8 nitrogen and oxygen atoms in total. The predicted octanol–water partition coefficient (Wildman–Crippen LogP) is 3.74. The monoisotopic (exact) mass is 588 g/mol. The van der Waals surface area contributed by atoms with Crippen molar-refractivity contribution in [1.29, 1.82) is 0 Å². The molecule has 1 aromatic carbocycles. The van der Waals surface area contributed by atoms with Crippen molar-refractivity contribution in [2.45, 2.75) is 82.8 Å². The molecule has 0 radical (unpaired) electrons. The largest absolute Gasteiger partial charge is 0.486 e. The van der Waals surface area contributed by atoms with Gasteiger partial charge in [0.15, 0.2) is 23.5 Å². The molecule has 0 bridgehead atoms. The van der Waals surface area contributed by atoms with Gasteiger partial charge in [0.1, 0.15) is 18.5 Å². The molecule has 1 unspecified atom stereocenters. The van der Waals surface area contributed by atoms with Gasteiger partial charge >= 0.3 is 0 Å². The number of rotatable bonds is 6. The Bertz CT molecular complexity index is 1460. The van der Waals surface area contributed by atoms with Crippen LogP contribution in [0.15, 0.2) is 71.9 Å². The molecule has 1 aromatic rings. The Labute approximate surface area is 251 Å². The molecule has 43 heavy (non-hydrogen) atoms. The number of carbonyl (C=O) groups excluding carboxylic acids is 2. The first-order valence-electron chi connectivity index (χ1n) is 15.5. The van der Waals surface area contributed by atoms with Crippen LogP contribution in [0.3, 0.4) is 0 Å². The molecule has 0 amide bonds. The van der Waals surface area contributed by atoms with Crippen molar-refractivity contribution in [3.63, 3.8) is 0 Å². The van der Waals surface area contributed by atoms with Gasteiger partial charge in [-0.05, 0) is 73.4 Å². The van der Waals surface area contributed by atoms with Gasteiger partial charge in [0.2, 0.25) is 0 Å². The Morgan fingerprint density at radius 2 is 2.02 bits per heavy atom. The lowest BCUT2D eigenvalue weighted by Crippen LogP contribution is -2.63. The quantitative estimate of drug-likeness (QED) is 0.460. The summed E-state index contributed by atoms with van der Waals surface area (Å²) >= 11 is 0. The third kappa shape index (κ3) is 4.21. The number of ether oxygens (including phenoxy) is 3. The first-order chi connectivity index (χ1) is 20.6. The minimum absolute atomic E-state index is 0.00310. The Morgan fingerprint density at radius 3 is 2.77 bits per heavy atom. The number of aliphatic hydroxyl groups excluding tert-OH is 3. The van der Waals surface area contributed by atoms with E-state index in [0.717, 1.165) is 29.6 Å². The lowest BCUT2D eigenvalue weighted by molar-refractivity contribution is -0.194. The van der Waals surface area contributed by atoms with Crippen LogP contribution in [0.5, 0.6) is 5.75 Å². The van der Waals surface area contributed by atoms with Crippen molar-refractivity contribution in [3.8, 4) is 5.75 Å². The van der Waals surface area contributed by atoms with Crippen LogP contribution in [0.2, 0.25) is 0 Å². The van der Waals surface area contributed by atoms with Gasteiger partial charge in [-0.15, -0.1) is 0 Å². The topological polar surface area (TPSA) is 123 Å². The first-order valence-corrected chi connectivity index (χ1v) is 15.5. The van der Waals surface area contributed by atoms with Crippen molar-refractivity contribution in [2.75, 3.05) is 6.61 Å². The number of fused-ring (bicyclic) bond motifs is 7. The maximum atomic E-state index is 13.7. The van der Waals surface area contributed by atoms with Crippen molar-refractivity contribution < 1.29 is 39.1 Å². The normalized spacial score (nSPS) is 42.8. The van der Waals surface area contributed by atoms with E-state index in [1.807, 2.05) is 55.5 Å². The van der Waals surface area contributed by atoms with Crippen molar-refractivity contribution in [2.24, 2.45) is 28.6 Å². The summed E-state index contributed by atoms with van der Waals surface area (Å²) in [6.45, 7) is 3.45. The standard InChI is InChI=1S/C35H40O8/c1-33-13-12-23(38)15-22(33)8-11-26-27-16-30-35(29(40)19-37,34(27,2)17-28(39)31(26)33)43-32(42-30)21-6-9-24(10-7-21)41-25-5-3-4-20(14-25)18-36/h3-7,9,12-15,24,26-28,30-32,36-37,39H,8,10-11,16-19H2,1-2H3/t24?,26-,27-,28-,30+,31+,32+,33-,34-,35+/m0/s1. The maximum Gasteiger partial charge on any atom is 0.193 e. The van der Waals surface area contributed by atoms with Crippen LogP contribution in [0.1, 0.15) is 51.5 Å². The first kappa shape index (κ1) is 28.9. The van der Waals surface area contributed by atoms with Gasteiger partial charge in [-0.3, -0.25) is 9.59 Å². The third-order valence-electron chi connectivity index (χ3n) is 11.5. The highest BCUT2D eigenvalue weighted by Gasteiger charge is 2.76. The van der Waals surface area contributed by atoms with E-state index < -0.39 is 47.3 Å². The molecule has 1 saturated heterocycles. The SMILES string of the molecule is C[C@]12C=CC(=O)C=C1CC[C@@H]1[C@@H]2[C@@H](O)C[C@@]2(C)[C@H]1C[C@H]1O[C@@H](C3=CCC(Oc4cccc(CO)c4)C=C3)O[C@]12C(=O)CO. The molecular weight excluding hydrogens is 548 g/mol. The highest BCUT2D eigenvalue weighted by molar-refractivity contribution is 6.01. The molecule has 1 aliphatic heterocycles. The van der Waals surface area contributed by atoms with Crippen LogP contribution in [0, 0.1) is 28.6 Å². The molecule has 4 fully saturated rings. The minimum atomic E-state index is -1.37. The molecule has 10 atom stereocenters. The van der Waals surface area contributed by atoms with Gasteiger partial charge in [-0.1, -0.05) is 49.8 Å². The van der Waals surface area contributed by atoms with Gasteiger partial charge in [0.05, 0.1) is 18.8 Å². The van der Waals surface area contributed by atoms with Crippen molar-refractivity contribution >= 4 is 11.6 Å². The van der Waals surface area contributed by atoms with Crippen molar-refractivity contribution in [1.82, 2.24) is 0 Å². The molecule has 6 aliphatic rings. The Hall–Kier alpha value is -2.88. The fourth-order valence-corrected chi connectivity index (χ4v) is 9.61. The Balaban J connectivity index is 1.13. The van der Waals surface area contributed by atoms with E-state index in [0.29, 0.717) is 25.0 Å². The lowest BCUT2D eigenvalue weighted by Gasteiger charge is -2.59. The van der Waals surface area contributed by atoms with E-state index >= 15 is 0 Å². The van der Waals surface area contributed by atoms with Gasteiger partial charge in [0, 0.05) is 28.7 Å². The van der Waals surface area contributed by atoms with Gasteiger partial charge < -0.3 is 29.5 Å². The zero-order chi connectivity index (χ0) is 30.1. The zero-order valence-corrected chi connectivity index (χ0v) is 24.6. The van der Waals surface area contributed by atoms with Gasteiger partial charge in [-0.2, -0.15) is 0 Å². The van der Waals surface area contributed by atoms with Gasteiger partial charge in [-0.25, -0.2) is 0 Å². The zero-order valence-electron chi connectivity index (χ0n) is 24.6. The molecule has 0 spiro atoms. The van der Waals surface area contributed by atoms with Crippen LogP contribution in [-0.4, -0.2) is 63.7 Å². The summed E-state index contributed by atoms with van der Waals surface area (Å²) in [6.07, 6.45) is 12.1. The van der Waals surface area contributed by atoms with Crippen LogP contribution in [0.4, 0.5) is 0 Å². The van der Waals surface area contributed by atoms with E-state index in [2.05, 4.69) is 6.92 Å². The molecular formula is C35H40O8. The molecule has 1 heterocycles. The smallest absolute Gasteiger partial charge is 0.193 e. The summed E-state index contributed by atoms with van der Waals surface area (Å²) in [5.41, 5.74) is 0.141. The van der Waals surface area contributed by atoms with Gasteiger partial charge in [0.25, 0.3) is 0 Å². The third-order valence-corrected chi connectivity index (χ3v) is 11.5. The molecule has 3 N–H and O–H groups in total. The summed E-state index contributed by atoms with van der Waals surface area (Å²) in [4.78, 5) is 25.9. The summed E-state index contributed by atoms with van der Waals surface area (Å²) < 4.78 is 19.3. The lowest BCUT2D eigenvalue weighted by atomic mass is 9.46. The second-order valence-corrected chi connectivity index (χ2v) is 13.6. The molecule has 8 heteroatoms. The molecule has 0 aromatic heterocycles. The number of allylic oxidation sites excluding steroid dienone is 4. The minimum Gasteiger partial charge on any atom is -0.486 e. The fraction of sp³-hybridized carbons (Fsp3) is 0.543. The highest BCUT2D eigenvalue weighted by atomic mass is 16.7. The number of carbonyl (C=O) groups is 2. The Morgan fingerprint density at radius 1 is 1.19 bits per heavy atom. The van der Waals surface area contributed by atoms with E-state index in [9.17, 15) is 24.9 Å². The number of ketones is 2. The number of benzene rings is 1. The molecule has 5 aliphatic carbocycles. The number of hydrogen-bond acceptors (Lipinski definition) is 8.